The van der Waals surface area contributed by atoms with Gasteiger partial charge in [0.2, 0.25) is 0 Å². The van der Waals surface area contributed by atoms with Crippen molar-refractivity contribution in [3.8, 4) is 5.75 Å². The van der Waals surface area contributed by atoms with Crippen LogP contribution in [0, 0.1) is 10.1 Å². The van der Waals surface area contributed by atoms with Crippen LogP contribution in [-0.2, 0) is 0 Å². The molecule has 0 radical (unpaired) electrons. The molecule has 0 fully saturated rings. The van der Waals surface area contributed by atoms with Crippen LogP contribution in [0.1, 0.15) is 0 Å². The first-order valence-electron chi connectivity index (χ1n) is 5.70. The van der Waals surface area contributed by atoms with Gasteiger partial charge in [-0.3, -0.25) is 10.1 Å². The Morgan fingerprint density at radius 2 is 1.74 bits per heavy atom. The minimum absolute atomic E-state index is 0.0662. The van der Waals surface area contributed by atoms with E-state index < -0.39 is 4.92 Å². The second kappa shape index (κ2) is 4.20. The van der Waals surface area contributed by atoms with Gasteiger partial charge >= 0.3 is 0 Å². The van der Waals surface area contributed by atoms with Gasteiger partial charge in [-0.05, 0) is 30.3 Å². The number of aromatic nitrogens is 1. The zero-order chi connectivity index (χ0) is 13.4. The van der Waals surface area contributed by atoms with E-state index in [1.54, 1.807) is 13.2 Å². The average Bonchev–Trinajstić information content (AvgIpc) is 2.43. The summed E-state index contributed by atoms with van der Waals surface area (Å²) in [6.45, 7) is 0. The number of fused-ring (bicyclic) bond motifs is 2. The summed E-state index contributed by atoms with van der Waals surface area (Å²) in [4.78, 5) is 14.8. The lowest BCUT2D eigenvalue weighted by atomic mass is 10.1. The van der Waals surface area contributed by atoms with E-state index in [4.69, 9.17) is 4.74 Å². The highest BCUT2D eigenvalue weighted by Gasteiger charge is 2.08. The molecule has 0 saturated heterocycles. The van der Waals surface area contributed by atoms with Gasteiger partial charge in [-0.25, -0.2) is 4.98 Å². The molecular weight excluding hydrogens is 244 g/mol. The summed E-state index contributed by atoms with van der Waals surface area (Å²) in [5, 5.41) is 12.4. The van der Waals surface area contributed by atoms with E-state index in [2.05, 4.69) is 4.98 Å². The van der Waals surface area contributed by atoms with E-state index in [-0.39, 0.29) is 5.69 Å². The second-order valence-electron chi connectivity index (χ2n) is 4.18. The zero-order valence-corrected chi connectivity index (χ0v) is 10.2. The maximum Gasteiger partial charge on any atom is 0.270 e. The minimum atomic E-state index is -0.408. The van der Waals surface area contributed by atoms with Crippen molar-refractivity contribution < 1.29 is 9.66 Å². The Kier molecular flexibility index (Phi) is 2.52. The maximum atomic E-state index is 10.8. The third-order valence-corrected chi connectivity index (χ3v) is 3.01. The fourth-order valence-electron chi connectivity index (χ4n) is 2.05. The number of pyridine rings is 1. The number of hydrogen-bond donors (Lipinski definition) is 0. The minimum Gasteiger partial charge on any atom is -0.497 e. The Bertz CT molecular complexity index is 799. The van der Waals surface area contributed by atoms with Gasteiger partial charge < -0.3 is 4.74 Å². The molecule has 0 aliphatic rings. The van der Waals surface area contributed by atoms with Gasteiger partial charge in [0.05, 0.1) is 23.1 Å². The van der Waals surface area contributed by atoms with Crippen LogP contribution in [0.5, 0.6) is 5.75 Å². The SMILES string of the molecule is COc1ccc2nc3ccc([N+](=O)[O-])cc3cc2c1. The summed E-state index contributed by atoms with van der Waals surface area (Å²) >= 11 is 0. The molecule has 5 heteroatoms. The van der Waals surface area contributed by atoms with Crippen LogP contribution in [0.2, 0.25) is 0 Å². The molecule has 19 heavy (non-hydrogen) atoms. The fourth-order valence-corrected chi connectivity index (χ4v) is 2.05. The van der Waals surface area contributed by atoms with Crippen molar-refractivity contribution in [3.63, 3.8) is 0 Å². The van der Waals surface area contributed by atoms with Gasteiger partial charge in [-0.15, -0.1) is 0 Å². The summed E-state index contributed by atoms with van der Waals surface area (Å²) < 4.78 is 5.16. The van der Waals surface area contributed by atoms with Gasteiger partial charge in [0.1, 0.15) is 5.75 Å². The monoisotopic (exact) mass is 254 g/mol. The van der Waals surface area contributed by atoms with E-state index in [9.17, 15) is 10.1 Å². The molecule has 0 spiro atoms. The van der Waals surface area contributed by atoms with E-state index in [1.807, 2.05) is 24.3 Å². The molecule has 0 aliphatic heterocycles. The molecule has 0 bridgehead atoms. The summed E-state index contributed by atoms with van der Waals surface area (Å²) in [5.41, 5.74) is 1.64. The normalized spacial score (nSPS) is 10.8. The molecule has 94 valence electrons. The second-order valence-corrected chi connectivity index (χ2v) is 4.18. The summed E-state index contributed by atoms with van der Waals surface area (Å²) in [7, 11) is 1.60. The first-order valence-corrected chi connectivity index (χ1v) is 5.70. The topological polar surface area (TPSA) is 65.3 Å². The smallest absolute Gasteiger partial charge is 0.270 e. The average molecular weight is 254 g/mol. The molecule has 0 aliphatic carbocycles. The molecule has 0 amide bonds. The molecule has 1 aromatic heterocycles. The lowest BCUT2D eigenvalue weighted by molar-refractivity contribution is -0.384. The summed E-state index contributed by atoms with van der Waals surface area (Å²) in [6.07, 6.45) is 0. The van der Waals surface area contributed by atoms with E-state index >= 15 is 0 Å². The van der Waals surface area contributed by atoms with Crippen molar-refractivity contribution in [1.29, 1.82) is 0 Å². The lowest BCUT2D eigenvalue weighted by Crippen LogP contribution is -1.89. The van der Waals surface area contributed by atoms with Crippen molar-refractivity contribution in [2.24, 2.45) is 0 Å². The number of benzene rings is 2. The molecule has 5 nitrogen and oxygen atoms in total. The highest BCUT2D eigenvalue weighted by Crippen LogP contribution is 2.26. The van der Waals surface area contributed by atoms with Crippen molar-refractivity contribution in [2.45, 2.75) is 0 Å². The van der Waals surface area contributed by atoms with Crippen LogP contribution in [0.25, 0.3) is 21.8 Å². The molecule has 0 N–H and O–H groups in total. The third kappa shape index (κ3) is 1.95. The molecule has 3 aromatic rings. The van der Waals surface area contributed by atoms with Crippen LogP contribution < -0.4 is 4.74 Å². The van der Waals surface area contributed by atoms with Gasteiger partial charge in [0, 0.05) is 22.9 Å². The molecule has 2 aromatic carbocycles. The van der Waals surface area contributed by atoms with E-state index in [0.717, 1.165) is 27.6 Å². The summed E-state index contributed by atoms with van der Waals surface area (Å²) in [6, 6.07) is 12.1. The predicted molar refractivity (Wildman–Crippen MR) is 72.5 cm³/mol. The number of nitro benzene ring substituents is 1. The van der Waals surface area contributed by atoms with Crippen molar-refractivity contribution in [1.82, 2.24) is 4.98 Å². The Morgan fingerprint density at radius 3 is 2.42 bits per heavy atom. The van der Waals surface area contributed by atoms with Crippen LogP contribution >= 0.6 is 0 Å². The Labute approximate surface area is 108 Å². The predicted octanol–water partition coefficient (Wildman–Crippen LogP) is 3.30. The molecule has 3 rings (SSSR count). The summed E-state index contributed by atoms with van der Waals surface area (Å²) in [5.74, 6) is 0.735. The number of ether oxygens (including phenoxy) is 1. The molecule has 1 heterocycles. The van der Waals surface area contributed by atoms with Gasteiger partial charge in [0.15, 0.2) is 0 Å². The van der Waals surface area contributed by atoms with Gasteiger partial charge in [-0.2, -0.15) is 0 Å². The first kappa shape index (κ1) is 11.4. The number of methoxy groups -OCH3 is 1. The number of nitro groups is 1. The molecule has 0 saturated carbocycles. The highest BCUT2D eigenvalue weighted by molar-refractivity contribution is 5.94. The van der Waals surface area contributed by atoms with Crippen LogP contribution in [0.4, 0.5) is 5.69 Å². The van der Waals surface area contributed by atoms with Crippen LogP contribution in [-0.4, -0.2) is 17.0 Å². The van der Waals surface area contributed by atoms with Crippen molar-refractivity contribution in [2.75, 3.05) is 7.11 Å². The molecular formula is C14H10N2O3. The standard InChI is InChI=1S/C14H10N2O3/c1-19-12-3-5-14-10(8-12)6-9-7-11(16(17)18)2-4-13(9)15-14/h2-8H,1H3. The number of hydrogen-bond acceptors (Lipinski definition) is 4. The number of non-ortho nitro benzene ring substituents is 1. The Balaban J connectivity index is 2.29. The molecule has 0 atom stereocenters. The van der Waals surface area contributed by atoms with Gasteiger partial charge in [0.25, 0.3) is 5.69 Å². The van der Waals surface area contributed by atoms with Crippen molar-refractivity contribution in [3.05, 3.63) is 52.6 Å². The zero-order valence-electron chi connectivity index (χ0n) is 10.2. The first-order chi connectivity index (χ1) is 9.17. The van der Waals surface area contributed by atoms with Crippen LogP contribution in [0.3, 0.4) is 0 Å². The van der Waals surface area contributed by atoms with E-state index in [0.29, 0.717) is 0 Å². The maximum absolute atomic E-state index is 10.8. The number of rotatable bonds is 2. The molecule has 0 unspecified atom stereocenters. The van der Waals surface area contributed by atoms with E-state index in [1.165, 1.54) is 12.1 Å². The largest absolute Gasteiger partial charge is 0.497 e. The highest BCUT2D eigenvalue weighted by atomic mass is 16.6. The fraction of sp³-hybridized carbons (Fsp3) is 0.0714. The Morgan fingerprint density at radius 1 is 1.05 bits per heavy atom. The number of nitrogens with zero attached hydrogens (tertiary/aromatic N) is 2. The quantitative estimate of drug-likeness (QED) is 0.400. The van der Waals surface area contributed by atoms with Crippen molar-refractivity contribution >= 4 is 27.5 Å². The Hall–Kier alpha value is -2.69. The van der Waals surface area contributed by atoms with Gasteiger partial charge in [-0.1, -0.05) is 0 Å². The van der Waals surface area contributed by atoms with Crippen LogP contribution in [0.15, 0.2) is 42.5 Å². The lowest BCUT2D eigenvalue weighted by Gasteiger charge is -2.04. The third-order valence-electron chi connectivity index (χ3n) is 3.01.